The Bertz CT molecular complexity index is 343. The van der Waals surface area contributed by atoms with Gasteiger partial charge in [-0.3, -0.25) is 0 Å². The Balaban J connectivity index is 2.71. The van der Waals surface area contributed by atoms with Gasteiger partial charge in [0.2, 0.25) is 0 Å². The molecule has 0 amide bonds. The van der Waals surface area contributed by atoms with Crippen molar-refractivity contribution in [1.82, 2.24) is 4.90 Å². The van der Waals surface area contributed by atoms with Crippen molar-refractivity contribution in [2.24, 2.45) is 0 Å². The fourth-order valence-corrected chi connectivity index (χ4v) is 2.36. The van der Waals surface area contributed by atoms with E-state index < -0.39 is 6.43 Å². The zero-order valence-electron chi connectivity index (χ0n) is 9.41. The van der Waals surface area contributed by atoms with E-state index >= 15 is 0 Å². The minimum atomic E-state index is -2.47. The molecule has 0 bridgehead atoms. The predicted octanol–water partition coefficient (Wildman–Crippen LogP) is 2.86. The first-order chi connectivity index (χ1) is 7.50. The number of halogens is 2. The lowest BCUT2D eigenvalue weighted by molar-refractivity contribution is 0.148. The summed E-state index contributed by atoms with van der Waals surface area (Å²) in [4.78, 5) is 2.64. The molecule has 0 aliphatic carbocycles. The highest BCUT2D eigenvalue weighted by Crippen LogP contribution is 2.31. The van der Waals surface area contributed by atoms with Gasteiger partial charge in [-0.1, -0.05) is 0 Å². The van der Waals surface area contributed by atoms with Gasteiger partial charge in [0.15, 0.2) is 0 Å². The van der Waals surface area contributed by atoms with E-state index in [0.29, 0.717) is 10.6 Å². The number of nitrogens with two attached hydrogens (primary N) is 1. The molecule has 0 saturated heterocycles. The Kier molecular flexibility index (Phi) is 5.02. The van der Waals surface area contributed by atoms with Crippen LogP contribution in [0.3, 0.4) is 0 Å². The molecule has 0 unspecified atom stereocenters. The Labute approximate surface area is 98.8 Å². The van der Waals surface area contributed by atoms with E-state index in [1.54, 1.807) is 12.1 Å². The number of thioether (sulfide) groups is 1. The molecule has 2 N–H and O–H groups in total. The fourth-order valence-electron chi connectivity index (χ4n) is 1.21. The molecule has 0 aliphatic rings. The van der Waals surface area contributed by atoms with Crippen LogP contribution in [0, 0.1) is 0 Å². The highest BCUT2D eigenvalue weighted by atomic mass is 32.2. The summed E-state index contributed by atoms with van der Waals surface area (Å²) in [5.74, 6) is 0.788. The minimum absolute atomic E-state index is 0.0313. The number of rotatable bonds is 5. The van der Waals surface area contributed by atoms with Gasteiger partial charge in [0.1, 0.15) is 0 Å². The summed E-state index contributed by atoms with van der Waals surface area (Å²) in [5, 5.41) is 0. The first-order valence-electron chi connectivity index (χ1n) is 4.96. The zero-order chi connectivity index (χ0) is 12.1. The highest BCUT2D eigenvalue weighted by molar-refractivity contribution is 7.99. The van der Waals surface area contributed by atoms with E-state index in [1.807, 2.05) is 19.0 Å². The molecule has 1 aromatic carbocycles. The molecule has 1 aromatic rings. The van der Waals surface area contributed by atoms with Crippen LogP contribution in [0.25, 0.3) is 0 Å². The second-order valence-electron chi connectivity index (χ2n) is 3.75. The smallest absolute Gasteiger partial charge is 0.265 e. The quantitative estimate of drug-likeness (QED) is 0.640. The lowest BCUT2D eigenvalue weighted by Crippen LogP contribution is -2.14. The van der Waals surface area contributed by atoms with Crippen molar-refractivity contribution in [3.63, 3.8) is 0 Å². The standard InChI is InChI=1S/C11H16F2N2S/c1-15(2)5-6-16-10-4-3-8(14)7-9(10)11(12)13/h3-4,7,11H,5-6,14H2,1-2H3. The van der Waals surface area contributed by atoms with Crippen molar-refractivity contribution in [3.8, 4) is 0 Å². The first kappa shape index (κ1) is 13.3. The molecular formula is C11H16F2N2S. The van der Waals surface area contributed by atoms with Crippen molar-refractivity contribution in [2.45, 2.75) is 11.3 Å². The summed E-state index contributed by atoms with van der Waals surface area (Å²) in [7, 11) is 3.91. The Hall–Kier alpha value is -0.810. The van der Waals surface area contributed by atoms with Gasteiger partial charge < -0.3 is 10.6 Å². The van der Waals surface area contributed by atoms with Crippen LogP contribution in [0.1, 0.15) is 12.0 Å². The second kappa shape index (κ2) is 6.06. The molecule has 0 radical (unpaired) electrons. The van der Waals surface area contributed by atoms with Crippen molar-refractivity contribution < 1.29 is 8.78 Å². The average Bonchev–Trinajstić information content (AvgIpc) is 2.19. The van der Waals surface area contributed by atoms with Gasteiger partial charge >= 0.3 is 0 Å². The SMILES string of the molecule is CN(C)CCSc1ccc(N)cc1C(F)F. The first-order valence-corrected chi connectivity index (χ1v) is 5.94. The summed E-state index contributed by atoms with van der Waals surface area (Å²) in [6.07, 6.45) is -2.47. The molecule has 0 aromatic heterocycles. The van der Waals surface area contributed by atoms with Gasteiger partial charge in [-0.15, -0.1) is 11.8 Å². The summed E-state index contributed by atoms with van der Waals surface area (Å²) in [6, 6.07) is 4.67. The minimum Gasteiger partial charge on any atom is -0.399 e. The van der Waals surface area contributed by atoms with Crippen molar-refractivity contribution >= 4 is 17.4 Å². The third kappa shape index (κ3) is 3.98. The molecular weight excluding hydrogens is 230 g/mol. The molecule has 0 spiro atoms. The molecule has 16 heavy (non-hydrogen) atoms. The van der Waals surface area contributed by atoms with Crippen LogP contribution in [-0.2, 0) is 0 Å². The normalized spacial score (nSPS) is 11.4. The van der Waals surface area contributed by atoms with Crippen LogP contribution in [0.15, 0.2) is 23.1 Å². The van der Waals surface area contributed by atoms with Gasteiger partial charge in [0.05, 0.1) is 0 Å². The number of hydrogen-bond acceptors (Lipinski definition) is 3. The summed E-state index contributed by atoms with van der Waals surface area (Å²) < 4.78 is 25.4. The lowest BCUT2D eigenvalue weighted by atomic mass is 10.2. The van der Waals surface area contributed by atoms with E-state index in [2.05, 4.69) is 0 Å². The van der Waals surface area contributed by atoms with Crippen LogP contribution < -0.4 is 5.73 Å². The molecule has 0 fully saturated rings. The van der Waals surface area contributed by atoms with Crippen molar-refractivity contribution in [3.05, 3.63) is 23.8 Å². The highest BCUT2D eigenvalue weighted by Gasteiger charge is 2.13. The number of alkyl halides is 2. The van der Waals surface area contributed by atoms with E-state index in [4.69, 9.17) is 5.73 Å². The van der Waals surface area contributed by atoms with Crippen LogP contribution in [0.4, 0.5) is 14.5 Å². The molecule has 1 rings (SSSR count). The Morgan fingerprint density at radius 2 is 2.06 bits per heavy atom. The number of nitrogens with zero attached hydrogens (tertiary/aromatic N) is 1. The van der Waals surface area contributed by atoms with Crippen LogP contribution in [0.5, 0.6) is 0 Å². The molecule has 2 nitrogen and oxygen atoms in total. The Morgan fingerprint density at radius 3 is 2.62 bits per heavy atom. The van der Waals surface area contributed by atoms with Crippen LogP contribution in [-0.4, -0.2) is 31.3 Å². The van der Waals surface area contributed by atoms with Gasteiger partial charge in [0, 0.05) is 28.4 Å². The molecule has 5 heteroatoms. The van der Waals surface area contributed by atoms with Gasteiger partial charge in [0.25, 0.3) is 6.43 Å². The van der Waals surface area contributed by atoms with Gasteiger partial charge in [-0.05, 0) is 32.3 Å². The third-order valence-corrected chi connectivity index (χ3v) is 3.13. The topological polar surface area (TPSA) is 29.3 Å². The fraction of sp³-hybridized carbons (Fsp3) is 0.455. The summed E-state index contributed by atoms with van der Waals surface area (Å²) in [6.45, 7) is 0.859. The van der Waals surface area contributed by atoms with E-state index in [-0.39, 0.29) is 5.56 Å². The molecule has 90 valence electrons. The molecule has 0 saturated carbocycles. The number of anilines is 1. The maximum absolute atomic E-state index is 12.7. The molecule has 0 heterocycles. The largest absolute Gasteiger partial charge is 0.399 e. The molecule has 0 atom stereocenters. The zero-order valence-corrected chi connectivity index (χ0v) is 10.2. The maximum atomic E-state index is 12.7. The maximum Gasteiger partial charge on any atom is 0.265 e. The average molecular weight is 246 g/mol. The van der Waals surface area contributed by atoms with Crippen molar-refractivity contribution in [2.75, 3.05) is 32.1 Å². The second-order valence-corrected chi connectivity index (χ2v) is 4.89. The number of benzene rings is 1. The van der Waals surface area contributed by atoms with Crippen LogP contribution >= 0.6 is 11.8 Å². The van der Waals surface area contributed by atoms with E-state index in [0.717, 1.165) is 12.3 Å². The van der Waals surface area contributed by atoms with Crippen LogP contribution in [0.2, 0.25) is 0 Å². The lowest BCUT2D eigenvalue weighted by Gasteiger charge is -2.12. The van der Waals surface area contributed by atoms with E-state index in [1.165, 1.54) is 17.8 Å². The van der Waals surface area contributed by atoms with Gasteiger partial charge in [-0.2, -0.15) is 0 Å². The van der Waals surface area contributed by atoms with E-state index in [9.17, 15) is 8.78 Å². The number of hydrogen-bond donors (Lipinski definition) is 1. The monoisotopic (exact) mass is 246 g/mol. The van der Waals surface area contributed by atoms with Crippen molar-refractivity contribution in [1.29, 1.82) is 0 Å². The number of nitrogen functional groups attached to an aromatic ring is 1. The van der Waals surface area contributed by atoms with Gasteiger partial charge in [-0.25, -0.2) is 8.78 Å². The molecule has 0 aliphatic heterocycles. The predicted molar refractivity (Wildman–Crippen MR) is 65.1 cm³/mol. The Morgan fingerprint density at radius 1 is 1.38 bits per heavy atom. The third-order valence-electron chi connectivity index (χ3n) is 2.07. The summed E-state index contributed by atoms with van der Waals surface area (Å²) >= 11 is 1.44. The summed E-state index contributed by atoms with van der Waals surface area (Å²) in [5.41, 5.74) is 5.90.